The fraction of sp³-hybridized carbons (Fsp3) is 0.588. The first-order valence-electron chi connectivity index (χ1n) is 7.92. The first kappa shape index (κ1) is 17.4. The van der Waals surface area contributed by atoms with E-state index in [1.165, 1.54) is 7.11 Å². The number of hydrogen-bond acceptors (Lipinski definition) is 5. The molecule has 1 fully saturated rings. The second-order valence-corrected chi connectivity index (χ2v) is 6.79. The van der Waals surface area contributed by atoms with Crippen LogP contribution in [0.15, 0.2) is 12.1 Å². The number of benzene rings is 1. The zero-order chi connectivity index (χ0) is 17.0. The molecule has 0 aromatic heterocycles. The van der Waals surface area contributed by atoms with Gasteiger partial charge < -0.3 is 19.9 Å². The monoisotopic (exact) mass is 322 g/mol. The molecule has 0 bridgehead atoms. The number of carbonyl (C=O) groups excluding carboxylic acids is 1. The summed E-state index contributed by atoms with van der Waals surface area (Å²) in [4.78, 5) is 12.0. The van der Waals surface area contributed by atoms with Crippen LogP contribution in [0.2, 0.25) is 0 Å². The Kier molecular flexibility index (Phi) is 5.36. The van der Waals surface area contributed by atoms with Gasteiger partial charge in [-0.25, -0.2) is 4.79 Å². The number of ether oxygens (including phenoxy) is 2. The highest BCUT2D eigenvalue weighted by atomic mass is 16.6. The van der Waals surface area contributed by atoms with E-state index in [0.717, 1.165) is 31.5 Å². The molecule has 128 valence electrons. The summed E-state index contributed by atoms with van der Waals surface area (Å²) in [6.07, 6.45) is 1.56. The summed E-state index contributed by atoms with van der Waals surface area (Å²) in [6.45, 7) is 7.26. The number of carbonyl (C=O) groups is 1. The number of nitrogens with one attached hydrogen (secondary N) is 2. The van der Waals surface area contributed by atoms with Crippen LogP contribution < -0.4 is 15.4 Å². The minimum Gasteiger partial charge on any atom is -0.503 e. The molecule has 2 rings (SSSR count). The Balaban J connectivity index is 2.24. The van der Waals surface area contributed by atoms with Gasteiger partial charge in [0.2, 0.25) is 0 Å². The number of rotatable bonds is 3. The molecular weight excluding hydrogens is 296 g/mol. The number of piperidine rings is 1. The third-order valence-electron chi connectivity index (χ3n) is 3.72. The molecule has 1 atom stereocenters. The normalized spacial score (nSPS) is 18.3. The Bertz CT molecular complexity index is 560. The number of anilines is 1. The van der Waals surface area contributed by atoms with Crippen molar-refractivity contribution < 1.29 is 19.4 Å². The molecule has 1 unspecified atom stereocenters. The van der Waals surface area contributed by atoms with Gasteiger partial charge in [-0.3, -0.25) is 5.32 Å². The molecule has 0 aliphatic carbocycles. The maximum atomic E-state index is 12.0. The smallest absolute Gasteiger partial charge is 0.412 e. The summed E-state index contributed by atoms with van der Waals surface area (Å²) < 4.78 is 10.5. The highest BCUT2D eigenvalue weighted by molar-refractivity contribution is 5.88. The van der Waals surface area contributed by atoms with Crippen LogP contribution in [0.4, 0.5) is 10.5 Å². The molecule has 1 amide bonds. The van der Waals surface area contributed by atoms with Gasteiger partial charge in [-0.1, -0.05) is 0 Å². The summed E-state index contributed by atoms with van der Waals surface area (Å²) >= 11 is 0. The van der Waals surface area contributed by atoms with Crippen molar-refractivity contribution in [1.29, 1.82) is 0 Å². The molecule has 6 nitrogen and oxygen atoms in total. The second-order valence-electron chi connectivity index (χ2n) is 6.79. The van der Waals surface area contributed by atoms with Crippen molar-refractivity contribution in [3.05, 3.63) is 17.7 Å². The molecule has 1 heterocycles. The average Bonchev–Trinajstić information content (AvgIpc) is 2.48. The molecule has 23 heavy (non-hydrogen) atoms. The Morgan fingerprint density at radius 3 is 2.70 bits per heavy atom. The van der Waals surface area contributed by atoms with E-state index in [9.17, 15) is 9.90 Å². The topological polar surface area (TPSA) is 79.8 Å². The predicted octanol–water partition coefficient (Wildman–Crippen LogP) is 3.21. The van der Waals surface area contributed by atoms with E-state index in [-0.39, 0.29) is 5.75 Å². The van der Waals surface area contributed by atoms with Crippen molar-refractivity contribution in [1.82, 2.24) is 5.32 Å². The van der Waals surface area contributed by atoms with Crippen molar-refractivity contribution in [3.63, 3.8) is 0 Å². The lowest BCUT2D eigenvalue weighted by Crippen LogP contribution is -2.29. The molecule has 0 saturated carbocycles. The van der Waals surface area contributed by atoms with E-state index in [4.69, 9.17) is 9.47 Å². The SMILES string of the molecule is COc1cc(C2CCCNC2)cc(NC(=O)OC(C)(C)C)c1O. The lowest BCUT2D eigenvalue weighted by atomic mass is 9.91. The van der Waals surface area contributed by atoms with Gasteiger partial charge in [0.05, 0.1) is 12.8 Å². The quantitative estimate of drug-likeness (QED) is 0.745. The molecule has 3 N–H and O–H groups in total. The van der Waals surface area contributed by atoms with Crippen LogP contribution in [0.5, 0.6) is 11.5 Å². The Morgan fingerprint density at radius 2 is 2.13 bits per heavy atom. The molecule has 0 spiro atoms. The highest BCUT2D eigenvalue weighted by Gasteiger charge is 2.22. The molecule has 6 heteroatoms. The van der Waals surface area contributed by atoms with Gasteiger partial charge in [0.1, 0.15) is 5.60 Å². The first-order valence-corrected chi connectivity index (χ1v) is 7.92. The third kappa shape index (κ3) is 4.76. The van der Waals surface area contributed by atoms with E-state index in [1.54, 1.807) is 26.8 Å². The number of phenols is 1. The van der Waals surface area contributed by atoms with Crippen LogP contribution in [0.3, 0.4) is 0 Å². The maximum Gasteiger partial charge on any atom is 0.412 e. The van der Waals surface area contributed by atoms with E-state index < -0.39 is 11.7 Å². The van der Waals surface area contributed by atoms with Crippen LogP contribution >= 0.6 is 0 Å². The first-order chi connectivity index (χ1) is 10.8. The Morgan fingerprint density at radius 1 is 1.39 bits per heavy atom. The van der Waals surface area contributed by atoms with Crippen molar-refractivity contribution in [2.45, 2.75) is 45.1 Å². The lowest BCUT2D eigenvalue weighted by Gasteiger charge is -2.25. The van der Waals surface area contributed by atoms with Crippen LogP contribution in [-0.4, -0.2) is 37.0 Å². The molecule has 1 aromatic carbocycles. The summed E-state index contributed by atoms with van der Waals surface area (Å²) in [5.41, 5.74) is 0.728. The molecule has 1 aromatic rings. The molecule has 1 saturated heterocycles. The largest absolute Gasteiger partial charge is 0.503 e. The van der Waals surface area contributed by atoms with Crippen LogP contribution in [0.1, 0.15) is 45.1 Å². The molecule has 0 radical (unpaired) electrons. The van der Waals surface area contributed by atoms with Crippen LogP contribution in [0.25, 0.3) is 0 Å². The maximum absolute atomic E-state index is 12.0. The number of methoxy groups -OCH3 is 1. The van der Waals surface area contributed by atoms with E-state index >= 15 is 0 Å². The average molecular weight is 322 g/mol. The van der Waals surface area contributed by atoms with Gasteiger partial charge in [0, 0.05) is 6.54 Å². The van der Waals surface area contributed by atoms with Gasteiger partial charge in [0.25, 0.3) is 0 Å². The minimum absolute atomic E-state index is 0.0918. The molecular formula is C17H26N2O4. The van der Waals surface area contributed by atoms with E-state index in [1.807, 2.05) is 6.07 Å². The van der Waals surface area contributed by atoms with Gasteiger partial charge in [-0.05, 0) is 63.8 Å². The zero-order valence-electron chi connectivity index (χ0n) is 14.2. The minimum atomic E-state index is -0.603. The van der Waals surface area contributed by atoms with Gasteiger partial charge in [-0.2, -0.15) is 0 Å². The Hall–Kier alpha value is -1.95. The van der Waals surface area contributed by atoms with E-state index in [2.05, 4.69) is 10.6 Å². The van der Waals surface area contributed by atoms with Gasteiger partial charge in [0.15, 0.2) is 11.5 Å². The van der Waals surface area contributed by atoms with Crippen LogP contribution in [0, 0.1) is 0 Å². The van der Waals surface area contributed by atoms with Gasteiger partial charge in [-0.15, -0.1) is 0 Å². The third-order valence-corrected chi connectivity index (χ3v) is 3.72. The number of hydrogen-bond donors (Lipinski definition) is 3. The predicted molar refractivity (Wildman–Crippen MR) is 89.4 cm³/mol. The fourth-order valence-electron chi connectivity index (χ4n) is 2.67. The molecule has 1 aliphatic heterocycles. The van der Waals surface area contributed by atoms with Crippen molar-refractivity contribution >= 4 is 11.8 Å². The number of aromatic hydroxyl groups is 1. The van der Waals surface area contributed by atoms with Gasteiger partial charge >= 0.3 is 6.09 Å². The number of amides is 1. The van der Waals surface area contributed by atoms with Crippen molar-refractivity contribution in [2.75, 3.05) is 25.5 Å². The standard InChI is InChI=1S/C17H26N2O4/c1-17(2,3)23-16(21)19-13-8-12(9-14(22-4)15(13)20)11-6-5-7-18-10-11/h8-9,11,18,20H,5-7,10H2,1-4H3,(H,19,21). The van der Waals surface area contributed by atoms with Crippen molar-refractivity contribution in [2.24, 2.45) is 0 Å². The van der Waals surface area contributed by atoms with Crippen molar-refractivity contribution in [3.8, 4) is 11.5 Å². The Labute approximate surface area is 137 Å². The summed E-state index contributed by atoms with van der Waals surface area (Å²) in [7, 11) is 1.50. The summed E-state index contributed by atoms with van der Waals surface area (Å²) in [5.74, 6) is 0.586. The second kappa shape index (κ2) is 7.08. The number of phenolic OH excluding ortho intramolecular Hbond substituents is 1. The van der Waals surface area contributed by atoms with Crippen LogP contribution in [-0.2, 0) is 4.74 Å². The molecule has 1 aliphatic rings. The lowest BCUT2D eigenvalue weighted by molar-refractivity contribution is 0.0635. The zero-order valence-corrected chi connectivity index (χ0v) is 14.2. The summed E-state index contributed by atoms with van der Waals surface area (Å²) in [6, 6.07) is 3.62. The summed E-state index contributed by atoms with van der Waals surface area (Å²) in [5, 5.41) is 16.2. The highest BCUT2D eigenvalue weighted by Crippen LogP contribution is 2.39. The van der Waals surface area contributed by atoms with E-state index in [0.29, 0.717) is 17.4 Å². The fourth-order valence-corrected chi connectivity index (χ4v) is 2.67.